The second kappa shape index (κ2) is 10.1. The first-order valence-corrected chi connectivity index (χ1v) is 11.0. The molecule has 0 spiro atoms. The van der Waals surface area contributed by atoms with Gasteiger partial charge in [0.15, 0.2) is 34.5 Å². The fourth-order valence-electron chi connectivity index (χ4n) is 4.54. The van der Waals surface area contributed by atoms with E-state index in [-0.39, 0.29) is 12.1 Å². The van der Waals surface area contributed by atoms with Crippen molar-refractivity contribution in [1.29, 1.82) is 0 Å². The van der Waals surface area contributed by atoms with Crippen LogP contribution in [0.5, 0.6) is 34.5 Å². The average Bonchev–Trinajstić information content (AvgIpc) is 2.90. The zero-order chi connectivity index (χ0) is 24.2. The van der Waals surface area contributed by atoms with Crippen LogP contribution in [0.2, 0.25) is 0 Å². The summed E-state index contributed by atoms with van der Waals surface area (Å²) in [5.74, 6) is 4.16. The van der Waals surface area contributed by atoms with Crippen molar-refractivity contribution >= 4 is 0 Å². The second-order valence-corrected chi connectivity index (χ2v) is 7.99. The summed E-state index contributed by atoms with van der Waals surface area (Å²) in [4.78, 5) is 0. The molecule has 0 bridgehead atoms. The molecule has 4 rings (SSSR count). The van der Waals surface area contributed by atoms with Crippen LogP contribution in [0.4, 0.5) is 0 Å². The molecule has 0 aliphatic carbocycles. The van der Waals surface area contributed by atoms with Gasteiger partial charge in [-0.3, -0.25) is 5.32 Å². The van der Waals surface area contributed by atoms with Crippen molar-refractivity contribution in [3.63, 3.8) is 0 Å². The zero-order valence-corrected chi connectivity index (χ0v) is 20.4. The van der Waals surface area contributed by atoms with E-state index in [1.54, 1.807) is 42.7 Å². The fourth-order valence-corrected chi connectivity index (χ4v) is 4.54. The van der Waals surface area contributed by atoms with Gasteiger partial charge in [-0.05, 0) is 65.1 Å². The van der Waals surface area contributed by atoms with E-state index < -0.39 is 0 Å². The molecule has 2 atom stereocenters. The summed E-state index contributed by atoms with van der Waals surface area (Å²) in [7, 11) is 9.87. The minimum atomic E-state index is -0.110. The maximum Gasteiger partial charge on any atom is 0.161 e. The van der Waals surface area contributed by atoms with E-state index in [1.165, 1.54) is 5.56 Å². The highest BCUT2D eigenvalue weighted by Crippen LogP contribution is 2.43. The van der Waals surface area contributed by atoms with Gasteiger partial charge in [-0.1, -0.05) is 12.1 Å². The Bertz CT molecular complexity index is 1160. The highest BCUT2D eigenvalue weighted by Gasteiger charge is 2.31. The molecule has 0 amide bonds. The van der Waals surface area contributed by atoms with Gasteiger partial charge in [0.25, 0.3) is 0 Å². The molecule has 1 N–H and O–H groups in total. The molecule has 0 saturated heterocycles. The van der Waals surface area contributed by atoms with Crippen molar-refractivity contribution in [2.75, 3.05) is 42.7 Å². The summed E-state index contributed by atoms with van der Waals surface area (Å²) in [5.41, 5.74) is 4.46. The molecule has 7 nitrogen and oxygen atoms in total. The topological polar surface area (TPSA) is 67.4 Å². The number of methoxy groups -OCH3 is 6. The number of fused-ring (bicyclic) bond motifs is 1. The van der Waals surface area contributed by atoms with E-state index >= 15 is 0 Å². The molecular weight excluding hydrogens is 434 g/mol. The number of hydrogen-bond donors (Lipinski definition) is 1. The largest absolute Gasteiger partial charge is 0.493 e. The molecule has 0 fully saturated rings. The predicted molar refractivity (Wildman–Crippen MR) is 130 cm³/mol. The molecule has 1 heterocycles. The Balaban J connectivity index is 1.83. The molecule has 0 aromatic heterocycles. The molecule has 7 heteroatoms. The second-order valence-electron chi connectivity index (χ2n) is 7.99. The van der Waals surface area contributed by atoms with E-state index in [0.717, 1.165) is 23.1 Å². The molecule has 180 valence electrons. The van der Waals surface area contributed by atoms with Crippen LogP contribution in [0, 0.1) is 0 Å². The third-order valence-electron chi connectivity index (χ3n) is 6.30. The Kier molecular flexibility index (Phi) is 7.03. The summed E-state index contributed by atoms with van der Waals surface area (Å²) in [6.45, 7) is 0. The standard InChI is InChI=1S/C27H31NO6/c1-29-21-9-7-16(12-23(21)31-3)20-11-18-14-25(33-5)26(34-6)15-19(18)27(28-20)17-8-10-22(30-2)24(13-17)32-4/h7-10,12-15,20,27-28H,11H2,1-6H3/t20-,27-/m1/s1. The van der Waals surface area contributed by atoms with Crippen LogP contribution in [-0.2, 0) is 6.42 Å². The van der Waals surface area contributed by atoms with Gasteiger partial charge in [0.2, 0.25) is 0 Å². The summed E-state index contributed by atoms with van der Waals surface area (Å²) in [6, 6.07) is 16.0. The molecular formula is C27H31NO6. The highest BCUT2D eigenvalue weighted by molar-refractivity contribution is 5.54. The van der Waals surface area contributed by atoms with E-state index in [9.17, 15) is 0 Å². The maximum atomic E-state index is 5.61. The van der Waals surface area contributed by atoms with Gasteiger partial charge in [0.1, 0.15) is 0 Å². The van der Waals surface area contributed by atoms with Crippen LogP contribution in [0.15, 0.2) is 48.5 Å². The smallest absolute Gasteiger partial charge is 0.161 e. The summed E-state index contributed by atoms with van der Waals surface area (Å²) >= 11 is 0. The number of hydrogen-bond acceptors (Lipinski definition) is 7. The van der Waals surface area contributed by atoms with Gasteiger partial charge in [-0.15, -0.1) is 0 Å². The SMILES string of the molecule is COc1ccc([C@H]2N[C@@H](c3ccc(OC)c(OC)c3)Cc3cc(OC)c(OC)cc32)cc1OC. The molecule has 34 heavy (non-hydrogen) atoms. The van der Waals surface area contributed by atoms with Crippen LogP contribution >= 0.6 is 0 Å². The van der Waals surface area contributed by atoms with Crippen LogP contribution in [0.1, 0.15) is 34.3 Å². The summed E-state index contributed by atoms with van der Waals surface area (Å²) in [6.07, 6.45) is 0.773. The lowest BCUT2D eigenvalue weighted by atomic mass is 9.84. The Labute approximate surface area is 200 Å². The van der Waals surface area contributed by atoms with Crippen molar-refractivity contribution in [1.82, 2.24) is 5.32 Å². The van der Waals surface area contributed by atoms with E-state index in [1.807, 2.05) is 30.3 Å². The maximum absolute atomic E-state index is 5.61. The van der Waals surface area contributed by atoms with Gasteiger partial charge < -0.3 is 28.4 Å². The van der Waals surface area contributed by atoms with Crippen molar-refractivity contribution in [3.8, 4) is 34.5 Å². The molecule has 0 unspecified atom stereocenters. The van der Waals surface area contributed by atoms with Crippen LogP contribution in [0.25, 0.3) is 0 Å². The van der Waals surface area contributed by atoms with Crippen molar-refractivity contribution < 1.29 is 28.4 Å². The lowest BCUT2D eigenvalue weighted by Gasteiger charge is -2.35. The Morgan fingerprint density at radius 3 is 1.59 bits per heavy atom. The average molecular weight is 466 g/mol. The third-order valence-corrected chi connectivity index (χ3v) is 6.30. The quantitative estimate of drug-likeness (QED) is 0.517. The molecule has 3 aromatic rings. The zero-order valence-electron chi connectivity index (χ0n) is 20.4. The molecule has 1 aliphatic rings. The molecule has 0 radical (unpaired) electrons. The third kappa shape index (κ3) is 4.31. The Hall–Kier alpha value is -3.58. The fraction of sp³-hybridized carbons (Fsp3) is 0.333. The summed E-state index contributed by atoms with van der Waals surface area (Å²) in [5, 5.41) is 3.82. The summed E-state index contributed by atoms with van der Waals surface area (Å²) < 4.78 is 33.2. The Morgan fingerprint density at radius 1 is 0.559 bits per heavy atom. The van der Waals surface area contributed by atoms with Crippen LogP contribution in [0.3, 0.4) is 0 Å². The molecule has 3 aromatic carbocycles. The van der Waals surface area contributed by atoms with Gasteiger partial charge in [-0.25, -0.2) is 0 Å². The minimum absolute atomic E-state index is 0.0310. The predicted octanol–water partition coefficient (Wildman–Crippen LogP) is 4.71. The first-order chi connectivity index (χ1) is 16.6. The van der Waals surface area contributed by atoms with Gasteiger partial charge in [-0.2, -0.15) is 0 Å². The number of ether oxygens (including phenoxy) is 6. The van der Waals surface area contributed by atoms with E-state index in [4.69, 9.17) is 28.4 Å². The van der Waals surface area contributed by atoms with Crippen molar-refractivity contribution in [2.24, 2.45) is 0 Å². The first-order valence-electron chi connectivity index (χ1n) is 11.0. The first kappa shape index (κ1) is 23.6. The van der Waals surface area contributed by atoms with Crippen molar-refractivity contribution in [3.05, 3.63) is 70.8 Å². The van der Waals surface area contributed by atoms with E-state index in [2.05, 4.69) is 23.5 Å². The molecule has 1 aliphatic heterocycles. The van der Waals surface area contributed by atoms with Crippen LogP contribution in [-0.4, -0.2) is 42.7 Å². The normalized spacial score (nSPS) is 16.9. The number of rotatable bonds is 8. The Morgan fingerprint density at radius 2 is 1.03 bits per heavy atom. The van der Waals surface area contributed by atoms with Gasteiger partial charge >= 0.3 is 0 Å². The highest BCUT2D eigenvalue weighted by atomic mass is 16.5. The van der Waals surface area contributed by atoms with E-state index in [0.29, 0.717) is 34.5 Å². The van der Waals surface area contributed by atoms with Crippen molar-refractivity contribution in [2.45, 2.75) is 18.5 Å². The monoisotopic (exact) mass is 465 g/mol. The minimum Gasteiger partial charge on any atom is -0.493 e. The van der Waals surface area contributed by atoms with Gasteiger partial charge in [0.05, 0.1) is 48.7 Å². The lowest BCUT2D eigenvalue weighted by molar-refractivity contribution is 0.348. The number of benzene rings is 3. The van der Waals surface area contributed by atoms with Crippen LogP contribution < -0.4 is 33.7 Å². The molecule has 0 saturated carbocycles. The lowest BCUT2D eigenvalue weighted by Crippen LogP contribution is -2.34. The number of nitrogens with one attached hydrogen (secondary N) is 1. The van der Waals surface area contributed by atoms with Gasteiger partial charge in [0, 0.05) is 6.04 Å².